The van der Waals surface area contributed by atoms with Crippen LogP contribution in [-0.4, -0.2) is 47.1 Å². The number of pyridine rings is 2. The molecule has 0 bridgehead atoms. The van der Waals surface area contributed by atoms with Gasteiger partial charge in [0.2, 0.25) is 0 Å². The zero-order valence-corrected chi connectivity index (χ0v) is 15.8. The zero-order chi connectivity index (χ0) is 18.9. The Balaban J connectivity index is 1.31. The Morgan fingerprint density at radius 1 is 1.00 bits per heavy atom. The van der Waals surface area contributed by atoms with Crippen molar-refractivity contribution in [3.05, 3.63) is 76.9 Å². The topological polar surface area (TPSA) is 52.2 Å². The van der Waals surface area contributed by atoms with Crippen molar-refractivity contribution in [3.63, 3.8) is 0 Å². The van der Waals surface area contributed by atoms with Gasteiger partial charge in [-0.1, -0.05) is 24.3 Å². The molecule has 0 saturated carbocycles. The summed E-state index contributed by atoms with van der Waals surface area (Å²) >= 11 is 0. The quantitative estimate of drug-likeness (QED) is 0.767. The summed E-state index contributed by atoms with van der Waals surface area (Å²) in [7, 11) is 0. The number of rotatable bonds is 3. The molecule has 5 heteroatoms. The summed E-state index contributed by atoms with van der Waals surface area (Å²) in [4.78, 5) is 24.8. The fraction of sp³-hybridized carbons (Fsp3) is 0.304. The van der Waals surface area contributed by atoms with E-state index >= 15 is 0 Å². The molecule has 2 aromatic heterocycles. The van der Waals surface area contributed by atoms with Crippen molar-refractivity contribution in [2.75, 3.05) is 31.1 Å². The van der Waals surface area contributed by atoms with Crippen LogP contribution in [0.25, 0.3) is 16.5 Å². The van der Waals surface area contributed by atoms with E-state index in [1.165, 1.54) is 11.3 Å². The summed E-state index contributed by atoms with van der Waals surface area (Å²) in [5.74, 6) is 0. The number of benzene rings is 1. The van der Waals surface area contributed by atoms with Gasteiger partial charge in [-0.15, -0.1) is 0 Å². The van der Waals surface area contributed by atoms with Crippen LogP contribution in [0.15, 0.2) is 65.6 Å². The summed E-state index contributed by atoms with van der Waals surface area (Å²) < 4.78 is 0. The normalized spacial score (nSPS) is 20.5. The lowest BCUT2D eigenvalue weighted by molar-refractivity contribution is 0.214. The van der Waals surface area contributed by atoms with Crippen molar-refractivity contribution in [1.82, 2.24) is 14.9 Å². The Hall–Kier alpha value is -2.92. The fourth-order valence-corrected chi connectivity index (χ4v) is 4.43. The van der Waals surface area contributed by atoms with E-state index in [4.69, 9.17) is 0 Å². The summed E-state index contributed by atoms with van der Waals surface area (Å²) in [6.45, 7) is 4.25. The third-order valence-electron chi connectivity index (χ3n) is 5.97. The van der Waals surface area contributed by atoms with E-state index in [0.29, 0.717) is 11.4 Å². The van der Waals surface area contributed by atoms with Crippen molar-refractivity contribution in [1.29, 1.82) is 0 Å². The third kappa shape index (κ3) is 3.22. The molecule has 3 heterocycles. The lowest BCUT2D eigenvalue weighted by Crippen LogP contribution is -2.49. The van der Waals surface area contributed by atoms with Gasteiger partial charge in [0.1, 0.15) is 0 Å². The van der Waals surface area contributed by atoms with Crippen molar-refractivity contribution in [3.8, 4) is 0 Å². The van der Waals surface area contributed by atoms with Crippen molar-refractivity contribution in [2.24, 2.45) is 0 Å². The molecule has 2 aliphatic rings. The smallest absolute Gasteiger partial charge is 0.257 e. The minimum Gasteiger partial charge on any atom is -0.369 e. The molecule has 1 saturated heterocycles. The molecule has 1 fully saturated rings. The Morgan fingerprint density at radius 3 is 2.64 bits per heavy atom. The van der Waals surface area contributed by atoms with Crippen molar-refractivity contribution in [2.45, 2.75) is 18.9 Å². The first-order valence-corrected chi connectivity index (χ1v) is 10.0. The van der Waals surface area contributed by atoms with Crippen LogP contribution in [0.2, 0.25) is 0 Å². The molecule has 28 heavy (non-hydrogen) atoms. The predicted octanol–water partition coefficient (Wildman–Crippen LogP) is 3.29. The Kier molecular flexibility index (Phi) is 4.45. The van der Waals surface area contributed by atoms with Crippen molar-refractivity contribution >= 4 is 22.2 Å². The number of hydrogen-bond acceptors (Lipinski definition) is 4. The van der Waals surface area contributed by atoms with E-state index in [2.05, 4.69) is 56.2 Å². The number of nitrogens with one attached hydrogen (secondary N) is 1. The van der Waals surface area contributed by atoms with Crippen LogP contribution in [0.5, 0.6) is 0 Å². The molecule has 5 nitrogen and oxygen atoms in total. The SMILES string of the molecule is O=c1[nH]c(C2=CC(N3CCN(c4ccccc4)CC3)CC2)cc2ncccc12. The Labute approximate surface area is 164 Å². The van der Waals surface area contributed by atoms with Crippen LogP contribution in [0, 0.1) is 0 Å². The van der Waals surface area contributed by atoms with Gasteiger partial charge in [-0.05, 0) is 48.7 Å². The first-order valence-electron chi connectivity index (χ1n) is 10.0. The van der Waals surface area contributed by atoms with Gasteiger partial charge in [-0.25, -0.2) is 0 Å². The molecule has 1 aliphatic heterocycles. The number of fused-ring (bicyclic) bond motifs is 1. The molecule has 1 unspecified atom stereocenters. The molecule has 3 aromatic rings. The lowest BCUT2D eigenvalue weighted by Gasteiger charge is -2.38. The van der Waals surface area contributed by atoms with Gasteiger partial charge in [0.15, 0.2) is 0 Å². The molecular weight excluding hydrogens is 348 g/mol. The van der Waals surface area contributed by atoms with Gasteiger partial charge in [0.05, 0.1) is 10.9 Å². The van der Waals surface area contributed by atoms with E-state index in [0.717, 1.165) is 50.2 Å². The number of aromatic nitrogens is 2. The Bertz CT molecular complexity index is 1060. The molecule has 142 valence electrons. The van der Waals surface area contributed by atoms with Gasteiger partial charge in [0.25, 0.3) is 5.56 Å². The van der Waals surface area contributed by atoms with E-state index in [1.807, 2.05) is 12.1 Å². The number of allylic oxidation sites excluding steroid dienone is 1. The molecule has 0 amide bonds. The molecule has 0 radical (unpaired) electrons. The number of hydrogen-bond donors (Lipinski definition) is 1. The average molecular weight is 372 g/mol. The molecule has 5 rings (SSSR count). The van der Waals surface area contributed by atoms with Crippen LogP contribution >= 0.6 is 0 Å². The third-order valence-corrected chi connectivity index (χ3v) is 5.97. The number of aromatic amines is 1. The van der Waals surface area contributed by atoms with E-state index in [-0.39, 0.29) is 5.56 Å². The van der Waals surface area contributed by atoms with Gasteiger partial charge < -0.3 is 9.88 Å². The second kappa shape index (κ2) is 7.24. The minimum atomic E-state index is -0.0542. The monoisotopic (exact) mass is 372 g/mol. The minimum absolute atomic E-state index is 0.0542. The van der Waals surface area contributed by atoms with E-state index in [1.54, 1.807) is 12.3 Å². The van der Waals surface area contributed by atoms with Gasteiger partial charge in [-0.3, -0.25) is 14.7 Å². The average Bonchev–Trinajstić information content (AvgIpc) is 3.25. The molecule has 1 aliphatic carbocycles. The van der Waals surface area contributed by atoms with E-state index in [9.17, 15) is 4.79 Å². The summed E-state index contributed by atoms with van der Waals surface area (Å²) in [6.07, 6.45) is 6.20. The molecule has 1 aromatic carbocycles. The summed E-state index contributed by atoms with van der Waals surface area (Å²) in [6, 6.07) is 16.7. The maximum absolute atomic E-state index is 12.4. The van der Waals surface area contributed by atoms with Crippen LogP contribution in [0.1, 0.15) is 18.5 Å². The first-order chi connectivity index (χ1) is 13.8. The van der Waals surface area contributed by atoms with Gasteiger partial charge in [0, 0.05) is 49.8 Å². The number of anilines is 1. The fourth-order valence-electron chi connectivity index (χ4n) is 4.43. The second-order valence-corrected chi connectivity index (χ2v) is 7.60. The maximum atomic E-state index is 12.4. The summed E-state index contributed by atoms with van der Waals surface area (Å²) in [5.41, 5.74) is 4.18. The van der Waals surface area contributed by atoms with Crippen LogP contribution in [-0.2, 0) is 0 Å². The largest absolute Gasteiger partial charge is 0.369 e. The first kappa shape index (κ1) is 17.2. The van der Waals surface area contributed by atoms with Crippen LogP contribution in [0.3, 0.4) is 0 Å². The highest BCUT2D eigenvalue weighted by Crippen LogP contribution is 2.30. The Morgan fingerprint density at radius 2 is 1.82 bits per heavy atom. The highest BCUT2D eigenvalue weighted by Gasteiger charge is 2.27. The van der Waals surface area contributed by atoms with Crippen LogP contribution < -0.4 is 10.5 Å². The molecule has 1 N–H and O–H groups in total. The number of piperazine rings is 1. The molecule has 1 atom stereocenters. The van der Waals surface area contributed by atoms with E-state index < -0.39 is 0 Å². The predicted molar refractivity (Wildman–Crippen MR) is 114 cm³/mol. The number of para-hydroxylation sites is 1. The summed E-state index contributed by atoms with van der Waals surface area (Å²) in [5, 5.41) is 0.651. The van der Waals surface area contributed by atoms with Gasteiger partial charge >= 0.3 is 0 Å². The highest BCUT2D eigenvalue weighted by molar-refractivity contribution is 5.81. The maximum Gasteiger partial charge on any atom is 0.257 e. The van der Waals surface area contributed by atoms with Crippen LogP contribution in [0.4, 0.5) is 5.69 Å². The number of H-pyrrole nitrogens is 1. The highest BCUT2D eigenvalue weighted by atomic mass is 16.1. The molecule has 0 spiro atoms. The standard InChI is InChI=1S/C23H24N4O/c28-23-20-7-4-10-24-22(20)16-21(25-23)17-8-9-19(15-17)27-13-11-26(12-14-27)18-5-2-1-3-6-18/h1-7,10,15-16,19H,8-9,11-14H2,(H,25,28). The molecular formula is C23H24N4O. The number of nitrogens with zero attached hydrogens (tertiary/aromatic N) is 3. The lowest BCUT2D eigenvalue weighted by atomic mass is 10.1. The van der Waals surface area contributed by atoms with Crippen molar-refractivity contribution < 1.29 is 0 Å². The second-order valence-electron chi connectivity index (χ2n) is 7.60. The zero-order valence-electron chi connectivity index (χ0n) is 15.8. The van der Waals surface area contributed by atoms with Gasteiger partial charge in [-0.2, -0.15) is 0 Å².